The van der Waals surface area contributed by atoms with Crippen LogP contribution in [0.15, 0.2) is 0 Å². The van der Waals surface area contributed by atoms with E-state index in [1.807, 2.05) is 0 Å². The summed E-state index contributed by atoms with van der Waals surface area (Å²) < 4.78 is 5.72. The molecule has 2 atom stereocenters. The highest BCUT2D eigenvalue weighted by molar-refractivity contribution is 4.88. The highest BCUT2D eigenvalue weighted by Crippen LogP contribution is 2.40. The molecular formula is C10H20O. The maximum atomic E-state index is 5.72. The van der Waals surface area contributed by atoms with E-state index in [0.29, 0.717) is 17.4 Å². The van der Waals surface area contributed by atoms with Crippen LogP contribution in [-0.4, -0.2) is 12.7 Å². The second kappa shape index (κ2) is 3.14. The summed E-state index contributed by atoms with van der Waals surface area (Å²) >= 11 is 0. The first kappa shape index (κ1) is 9.05. The van der Waals surface area contributed by atoms with Crippen LogP contribution in [0.3, 0.4) is 0 Å². The van der Waals surface area contributed by atoms with E-state index in [2.05, 4.69) is 27.7 Å². The molecule has 1 aliphatic rings. The Morgan fingerprint density at radius 2 is 2.18 bits per heavy atom. The zero-order chi connectivity index (χ0) is 8.48. The van der Waals surface area contributed by atoms with Crippen molar-refractivity contribution in [2.45, 2.75) is 46.6 Å². The van der Waals surface area contributed by atoms with Gasteiger partial charge in [0.2, 0.25) is 0 Å². The molecule has 0 aromatic heterocycles. The molecule has 0 radical (unpaired) electrons. The normalized spacial score (nSPS) is 38.5. The largest absolute Gasteiger partial charge is 0.377 e. The molecule has 0 aromatic carbocycles. The average molecular weight is 156 g/mol. The van der Waals surface area contributed by atoms with Gasteiger partial charge in [0.05, 0.1) is 6.10 Å². The zero-order valence-corrected chi connectivity index (χ0v) is 8.18. The van der Waals surface area contributed by atoms with Crippen molar-refractivity contribution >= 4 is 0 Å². The van der Waals surface area contributed by atoms with Crippen LogP contribution in [0.4, 0.5) is 0 Å². The molecule has 1 heterocycles. The highest BCUT2D eigenvalue weighted by Gasteiger charge is 2.39. The summed E-state index contributed by atoms with van der Waals surface area (Å²) in [6, 6.07) is 0. The lowest BCUT2D eigenvalue weighted by molar-refractivity contribution is 0.0190. The van der Waals surface area contributed by atoms with Crippen LogP contribution < -0.4 is 0 Å². The van der Waals surface area contributed by atoms with Crippen molar-refractivity contribution < 1.29 is 4.74 Å². The lowest BCUT2D eigenvalue weighted by atomic mass is 9.76. The lowest BCUT2D eigenvalue weighted by Crippen LogP contribution is -2.31. The standard InChI is InChI=1S/C10H20O/c1-5-10(4)6-7-11-9(10)8(2)3/h8-9H,5-7H2,1-4H3/t9-,10+/m1/s1. The molecule has 1 saturated heterocycles. The fourth-order valence-electron chi connectivity index (χ4n) is 2.14. The third-order valence-corrected chi connectivity index (χ3v) is 3.07. The summed E-state index contributed by atoms with van der Waals surface area (Å²) in [5, 5.41) is 0. The van der Waals surface area contributed by atoms with Crippen molar-refractivity contribution in [3.8, 4) is 0 Å². The monoisotopic (exact) mass is 156 g/mol. The number of hydrogen-bond acceptors (Lipinski definition) is 1. The molecule has 1 heteroatoms. The van der Waals surface area contributed by atoms with E-state index < -0.39 is 0 Å². The van der Waals surface area contributed by atoms with Crippen LogP contribution in [0.1, 0.15) is 40.5 Å². The summed E-state index contributed by atoms with van der Waals surface area (Å²) in [5.41, 5.74) is 0.453. The maximum Gasteiger partial charge on any atom is 0.0652 e. The van der Waals surface area contributed by atoms with Gasteiger partial charge in [-0.3, -0.25) is 0 Å². The first-order valence-electron chi connectivity index (χ1n) is 4.72. The highest BCUT2D eigenvalue weighted by atomic mass is 16.5. The van der Waals surface area contributed by atoms with Gasteiger partial charge in [0.1, 0.15) is 0 Å². The molecule has 0 unspecified atom stereocenters. The van der Waals surface area contributed by atoms with Crippen molar-refractivity contribution in [1.82, 2.24) is 0 Å². The van der Waals surface area contributed by atoms with E-state index in [1.165, 1.54) is 12.8 Å². The fourth-order valence-corrected chi connectivity index (χ4v) is 2.14. The van der Waals surface area contributed by atoms with E-state index in [0.717, 1.165) is 6.61 Å². The molecule has 1 rings (SSSR count). The Labute approximate surface area is 70.1 Å². The lowest BCUT2D eigenvalue weighted by Gasteiger charge is -2.31. The molecule has 0 aliphatic carbocycles. The van der Waals surface area contributed by atoms with E-state index in [4.69, 9.17) is 4.74 Å². The van der Waals surface area contributed by atoms with Crippen molar-refractivity contribution in [1.29, 1.82) is 0 Å². The van der Waals surface area contributed by atoms with Gasteiger partial charge in [-0.15, -0.1) is 0 Å². The Balaban J connectivity index is 2.64. The quantitative estimate of drug-likeness (QED) is 0.597. The van der Waals surface area contributed by atoms with Gasteiger partial charge in [0.15, 0.2) is 0 Å². The molecule has 1 aliphatic heterocycles. The van der Waals surface area contributed by atoms with Crippen LogP contribution in [0.2, 0.25) is 0 Å². The van der Waals surface area contributed by atoms with E-state index >= 15 is 0 Å². The Morgan fingerprint density at radius 3 is 2.55 bits per heavy atom. The van der Waals surface area contributed by atoms with Crippen LogP contribution in [0, 0.1) is 11.3 Å². The Bertz CT molecular complexity index is 131. The van der Waals surface area contributed by atoms with Gasteiger partial charge in [-0.2, -0.15) is 0 Å². The SMILES string of the molecule is CC[C@@]1(C)CCO[C@@H]1C(C)C. The van der Waals surface area contributed by atoms with Crippen molar-refractivity contribution in [2.24, 2.45) is 11.3 Å². The van der Waals surface area contributed by atoms with E-state index in [1.54, 1.807) is 0 Å². The molecule has 0 spiro atoms. The number of rotatable bonds is 2. The van der Waals surface area contributed by atoms with Gasteiger partial charge in [-0.05, 0) is 24.2 Å². The Kier molecular flexibility index (Phi) is 2.58. The average Bonchev–Trinajstić information content (AvgIpc) is 2.32. The molecule has 0 amide bonds. The summed E-state index contributed by atoms with van der Waals surface area (Å²) in [7, 11) is 0. The summed E-state index contributed by atoms with van der Waals surface area (Å²) in [4.78, 5) is 0. The molecular weight excluding hydrogens is 136 g/mol. The molecule has 1 fully saturated rings. The molecule has 0 N–H and O–H groups in total. The van der Waals surface area contributed by atoms with Gasteiger partial charge in [0.25, 0.3) is 0 Å². The van der Waals surface area contributed by atoms with Gasteiger partial charge in [-0.1, -0.05) is 27.7 Å². The smallest absolute Gasteiger partial charge is 0.0652 e. The minimum Gasteiger partial charge on any atom is -0.377 e. The summed E-state index contributed by atoms with van der Waals surface area (Å²) in [6.45, 7) is 10.1. The maximum absolute atomic E-state index is 5.72. The second-order valence-electron chi connectivity index (χ2n) is 4.29. The molecule has 1 nitrogen and oxygen atoms in total. The minimum atomic E-state index is 0.453. The number of hydrogen-bond donors (Lipinski definition) is 0. The van der Waals surface area contributed by atoms with E-state index in [9.17, 15) is 0 Å². The van der Waals surface area contributed by atoms with Crippen LogP contribution in [-0.2, 0) is 4.74 Å². The summed E-state index contributed by atoms with van der Waals surface area (Å²) in [6.07, 6.45) is 2.98. The topological polar surface area (TPSA) is 9.23 Å². The van der Waals surface area contributed by atoms with Crippen LogP contribution >= 0.6 is 0 Å². The van der Waals surface area contributed by atoms with Crippen LogP contribution in [0.5, 0.6) is 0 Å². The van der Waals surface area contributed by atoms with Crippen LogP contribution in [0.25, 0.3) is 0 Å². The third-order valence-electron chi connectivity index (χ3n) is 3.07. The first-order chi connectivity index (χ1) is 5.10. The van der Waals surface area contributed by atoms with Crippen molar-refractivity contribution in [2.75, 3.05) is 6.61 Å². The van der Waals surface area contributed by atoms with E-state index in [-0.39, 0.29) is 0 Å². The summed E-state index contributed by atoms with van der Waals surface area (Å²) in [5.74, 6) is 0.669. The predicted molar refractivity (Wildman–Crippen MR) is 47.6 cm³/mol. The van der Waals surface area contributed by atoms with Gasteiger partial charge in [-0.25, -0.2) is 0 Å². The van der Waals surface area contributed by atoms with Gasteiger partial charge >= 0.3 is 0 Å². The van der Waals surface area contributed by atoms with Gasteiger partial charge in [0, 0.05) is 6.61 Å². The zero-order valence-electron chi connectivity index (χ0n) is 8.18. The molecule has 66 valence electrons. The molecule has 11 heavy (non-hydrogen) atoms. The van der Waals surface area contributed by atoms with Crippen molar-refractivity contribution in [3.05, 3.63) is 0 Å². The predicted octanol–water partition coefficient (Wildman–Crippen LogP) is 2.85. The fraction of sp³-hybridized carbons (Fsp3) is 1.00. The van der Waals surface area contributed by atoms with Crippen molar-refractivity contribution in [3.63, 3.8) is 0 Å². The number of ether oxygens (including phenoxy) is 1. The minimum absolute atomic E-state index is 0.453. The van der Waals surface area contributed by atoms with Gasteiger partial charge < -0.3 is 4.74 Å². The third kappa shape index (κ3) is 1.58. The Hall–Kier alpha value is -0.0400. The molecule has 0 aromatic rings. The molecule has 0 saturated carbocycles. The second-order valence-corrected chi connectivity index (χ2v) is 4.29. The first-order valence-corrected chi connectivity index (χ1v) is 4.72. The molecule has 0 bridgehead atoms. The Morgan fingerprint density at radius 1 is 1.55 bits per heavy atom.